The van der Waals surface area contributed by atoms with E-state index in [4.69, 9.17) is 5.73 Å². The number of carbonyl (C=O) groups is 1. The van der Waals surface area contributed by atoms with E-state index in [0.29, 0.717) is 0 Å². The van der Waals surface area contributed by atoms with Crippen molar-refractivity contribution < 1.29 is 4.79 Å². The van der Waals surface area contributed by atoms with Gasteiger partial charge in [0.1, 0.15) is 0 Å². The second-order valence-electron chi connectivity index (χ2n) is 4.35. The van der Waals surface area contributed by atoms with Crippen molar-refractivity contribution in [3.05, 3.63) is 0 Å². The molecule has 3 N–H and O–H groups in total. The fourth-order valence-electron chi connectivity index (χ4n) is 2.09. The Morgan fingerprint density at radius 2 is 2.33 bits per heavy atom. The minimum absolute atomic E-state index is 0.0545. The summed E-state index contributed by atoms with van der Waals surface area (Å²) in [7, 11) is 0. The number of rotatable bonds is 3. The molecule has 0 saturated carbocycles. The van der Waals surface area contributed by atoms with E-state index in [-0.39, 0.29) is 18.1 Å². The van der Waals surface area contributed by atoms with Gasteiger partial charge >= 0.3 is 6.03 Å². The molecule has 0 radical (unpaired) electrons. The van der Waals surface area contributed by atoms with Crippen LogP contribution in [0.1, 0.15) is 39.5 Å². The lowest BCUT2D eigenvalue weighted by Crippen LogP contribution is -2.54. The smallest absolute Gasteiger partial charge is 0.317 e. The lowest BCUT2D eigenvalue weighted by atomic mass is 9.97. The first-order valence-electron chi connectivity index (χ1n) is 5.97. The molecule has 0 aromatic rings. The van der Waals surface area contributed by atoms with Gasteiger partial charge in [0.25, 0.3) is 0 Å². The van der Waals surface area contributed by atoms with Gasteiger partial charge in [-0.25, -0.2) is 4.79 Å². The monoisotopic (exact) mass is 213 g/mol. The van der Waals surface area contributed by atoms with E-state index in [1.165, 1.54) is 6.42 Å². The summed E-state index contributed by atoms with van der Waals surface area (Å²) in [5.74, 6) is 0. The SMILES string of the molecule is CCCNC(=O)N1CCCCC1C(C)N. The topological polar surface area (TPSA) is 58.4 Å². The fourth-order valence-corrected chi connectivity index (χ4v) is 2.09. The van der Waals surface area contributed by atoms with Gasteiger partial charge in [-0.2, -0.15) is 0 Å². The summed E-state index contributed by atoms with van der Waals surface area (Å²) in [6.45, 7) is 5.64. The maximum atomic E-state index is 11.8. The van der Waals surface area contributed by atoms with Crippen LogP contribution in [0.25, 0.3) is 0 Å². The van der Waals surface area contributed by atoms with E-state index in [1.807, 2.05) is 11.8 Å². The highest BCUT2D eigenvalue weighted by Gasteiger charge is 2.28. The van der Waals surface area contributed by atoms with Crippen molar-refractivity contribution in [3.63, 3.8) is 0 Å². The summed E-state index contributed by atoms with van der Waals surface area (Å²) in [4.78, 5) is 13.7. The molecule has 15 heavy (non-hydrogen) atoms. The van der Waals surface area contributed by atoms with Gasteiger partial charge in [-0.15, -0.1) is 0 Å². The average Bonchev–Trinajstić information content (AvgIpc) is 2.25. The van der Waals surface area contributed by atoms with Gasteiger partial charge in [-0.1, -0.05) is 6.92 Å². The molecule has 0 aliphatic carbocycles. The van der Waals surface area contributed by atoms with Crippen molar-refractivity contribution >= 4 is 6.03 Å². The molecule has 0 aromatic carbocycles. The van der Waals surface area contributed by atoms with E-state index < -0.39 is 0 Å². The van der Waals surface area contributed by atoms with Crippen LogP contribution in [0, 0.1) is 0 Å². The molecule has 4 nitrogen and oxygen atoms in total. The number of likely N-dealkylation sites (tertiary alicyclic amines) is 1. The molecule has 1 saturated heterocycles. The normalized spacial score (nSPS) is 23.7. The second kappa shape index (κ2) is 5.95. The maximum Gasteiger partial charge on any atom is 0.317 e. The Kier molecular flexibility index (Phi) is 4.88. The second-order valence-corrected chi connectivity index (χ2v) is 4.35. The zero-order chi connectivity index (χ0) is 11.3. The van der Waals surface area contributed by atoms with Crippen molar-refractivity contribution in [1.82, 2.24) is 10.2 Å². The van der Waals surface area contributed by atoms with Gasteiger partial charge in [-0.05, 0) is 32.6 Å². The van der Waals surface area contributed by atoms with Crippen LogP contribution < -0.4 is 11.1 Å². The predicted molar refractivity (Wildman–Crippen MR) is 61.7 cm³/mol. The third-order valence-corrected chi connectivity index (χ3v) is 2.94. The van der Waals surface area contributed by atoms with E-state index in [2.05, 4.69) is 12.2 Å². The van der Waals surface area contributed by atoms with Crippen LogP contribution in [-0.2, 0) is 0 Å². The largest absolute Gasteiger partial charge is 0.338 e. The summed E-state index contributed by atoms with van der Waals surface area (Å²) >= 11 is 0. The molecule has 4 heteroatoms. The number of hydrogen-bond donors (Lipinski definition) is 2. The number of hydrogen-bond acceptors (Lipinski definition) is 2. The zero-order valence-corrected chi connectivity index (χ0v) is 9.83. The molecule has 2 atom stereocenters. The van der Waals surface area contributed by atoms with Crippen molar-refractivity contribution in [3.8, 4) is 0 Å². The molecule has 1 heterocycles. The summed E-state index contributed by atoms with van der Waals surface area (Å²) in [6, 6.07) is 0.340. The van der Waals surface area contributed by atoms with Crippen LogP contribution in [0.4, 0.5) is 4.79 Å². The summed E-state index contributed by atoms with van der Waals surface area (Å²) in [6.07, 6.45) is 4.30. The number of nitrogens with zero attached hydrogens (tertiary/aromatic N) is 1. The molecule has 0 spiro atoms. The van der Waals surface area contributed by atoms with Crippen LogP contribution in [-0.4, -0.2) is 36.1 Å². The van der Waals surface area contributed by atoms with E-state index >= 15 is 0 Å². The van der Waals surface area contributed by atoms with Crippen molar-refractivity contribution in [2.45, 2.75) is 51.6 Å². The van der Waals surface area contributed by atoms with Gasteiger partial charge in [0.2, 0.25) is 0 Å². The summed E-state index contributed by atoms with van der Waals surface area (Å²) in [5.41, 5.74) is 5.90. The predicted octanol–water partition coefficient (Wildman–Crippen LogP) is 1.31. The Bertz CT molecular complexity index is 206. The van der Waals surface area contributed by atoms with E-state index in [9.17, 15) is 4.79 Å². The average molecular weight is 213 g/mol. The first kappa shape index (κ1) is 12.3. The zero-order valence-electron chi connectivity index (χ0n) is 9.83. The molecular weight excluding hydrogens is 190 g/mol. The van der Waals surface area contributed by atoms with E-state index in [1.54, 1.807) is 0 Å². The van der Waals surface area contributed by atoms with Gasteiger partial charge in [0.15, 0.2) is 0 Å². The van der Waals surface area contributed by atoms with Crippen molar-refractivity contribution in [2.75, 3.05) is 13.1 Å². The molecule has 2 unspecified atom stereocenters. The first-order chi connectivity index (χ1) is 7.16. The molecule has 0 bridgehead atoms. The van der Waals surface area contributed by atoms with Gasteiger partial charge in [-0.3, -0.25) is 0 Å². The van der Waals surface area contributed by atoms with Crippen LogP contribution in [0.5, 0.6) is 0 Å². The van der Waals surface area contributed by atoms with Crippen LogP contribution >= 0.6 is 0 Å². The van der Waals surface area contributed by atoms with Crippen LogP contribution in [0.2, 0.25) is 0 Å². The van der Waals surface area contributed by atoms with Crippen molar-refractivity contribution in [2.24, 2.45) is 5.73 Å². The van der Waals surface area contributed by atoms with E-state index in [0.717, 1.165) is 32.4 Å². The Morgan fingerprint density at radius 1 is 1.60 bits per heavy atom. The molecule has 88 valence electrons. The fraction of sp³-hybridized carbons (Fsp3) is 0.909. The summed E-state index contributed by atoms with van der Waals surface area (Å²) in [5, 5.41) is 2.92. The highest BCUT2D eigenvalue weighted by Crippen LogP contribution is 2.18. The van der Waals surface area contributed by atoms with Crippen LogP contribution in [0.15, 0.2) is 0 Å². The Morgan fingerprint density at radius 3 is 2.93 bits per heavy atom. The Labute approximate surface area is 92.2 Å². The number of amides is 2. The summed E-state index contributed by atoms with van der Waals surface area (Å²) < 4.78 is 0. The third-order valence-electron chi connectivity index (χ3n) is 2.94. The Hall–Kier alpha value is -0.770. The number of carbonyl (C=O) groups excluding carboxylic acids is 1. The minimum Gasteiger partial charge on any atom is -0.338 e. The lowest BCUT2D eigenvalue weighted by Gasteiger charge is -2.37. The lowest BCUT2D eigenvalue weighted by molar-refractivity contribution is 0.140. The number of nitrogens with one attached hydrogen (secondary N) is 1. The molecule has 0 aromatic heterocycles. The highest BCUT2D eigenvalue weighted by atomic mass is 16.2. The number of piperidine rings is 1. The molecular formula is C11H23N3O. The maximum absolute atomic E-state index is 11.8. The van der Waals surface area contributed by atoms with Gasteiger partial charge in [0.05, 0.1) is 0 Å². The highest BCUT2D eigenvalue weighted by molar-refractivity contribution is 5.74. The molecule has 1 aliphatic rings. The van der Waals surface area contributed by atoms with Gasteiger partial charge < -0.3 is 16.0 Å². The van der Waals surface area contributed by atoms with Crippen LogP contribution in [0.3, 0.4) is 0 Å². The number of urea groups is 1. The van der Waals surface area contributed by atoms with Gasteiger partial charge in [0, 0.05) is 25.2 Å². The Balaban J connectivity index is 2.51. The standard InChI is InChI=1S/C11H23N3O/c1-3-7-13-11(15)14-8-5-4-6-10(14)9(2)12/h9-10H,3-8,12H2,1-2H3,(H,13,15). The third kappa shape index (κ3) is 3.38. The minimum atomic E-state index is 0.0545. The molecule has 2 amide bonds. The first-order valence-corrected chi connectivity index (χ1v) is 5.97. The molecule has 1 aliphatic heterocycles. The van der Waals surface area contributed by atoms with Crippen molar-refractivity contribution in [1.29, 1.82) is 0 Å². The molecule has 1 fully saturated rings. The number of nitrogens with two attached hydrogens (primary N) is 1. The quantitative estimate of drug-likeness (QED) is 0.742. The molecule has 1 rings (SSSR count).